The van der Waals surface area contributed by atoms with Gasteiger partial charge in [-0.25, -0.2) is 0 Å². The molecular formula is C11H20N4O. The normalized spacial score (nSPS) is 11.6. The van der Waals surface area contributed by atoms with Crippen LogP contribution >= 0.6 is 0 Å². The third-order valence-electron chi connectivity index (χ3n) is 2.45. The Labute approximate surface area is 96.0 Å². The predicted molar refractivity (Wildman–Crippen MR) is 63.2 cm³/mol. The van der Waals surface area contributed by atoms with Gasteiger partial charge in [-0.3, -0.25) is 9.48 Å². The number of aromatic nitrogens is 2. The standard InChI is InChI=1S/C11H20N4O/c1-5-9-8(6-15(4)14-9)10(16)13-11(2,3)7-12/h6H,5,7,12H2,1-4H3,(H,13,16). The molecule has 1 rings (SSSR count). The molecule has 16 heavy (non-hydrogen) atoms. The smallest absolute Gasteiger partial charge is 0.255 e. The van der Waals surface area contributed by atoms with Crippen LogP contribution in [0.5, 0.6) is 0 Å². The summed E-state index contributed by atoms with van der Waals surface area (Å²) >= 11 is 0. The van der Waals surface area contributed by atoms with Crippen molar-refractivity contribution in [3.63, 3.8) is 0 Å². The number of nitrogens with zero attached hydrogens (tertiary/aromatic N) is 2. The maximum absolute atomic E-state index is 12.0. The minimum absolute atomic E-state index is 0.111. The van der Waals surface area contributed by atoms with Gasteiger partial charge >= 0.3 is 0 Å². The highest BCUT2D eigenvalue weighted by atomic mass is 16.1. The maximum Gasteiger partial charge on any atom is 0.255 e. The van der Waals surface area contributed by atoms with Crippen molar-refractivity contribution in [1.82, 2.24) is 15.1 Å². The summed E-state index contributed by atoms with van der Waals surface area (Å²) < 4.78 is 1.66. The minimum atomic E-state index is -0.391. The first kappa shape index (κ1) is 12.7. The molecule has 0 aromatic carbocycles. The van der Waals surface area contributed by atoms with Crippen molar-refractivity contribution in [1.29, 1.82) is 0 Å². The number of rotatable bonds is 4. The lowest BCUT2D eigenvalue weighted by Crippen LogP contribution is -2.48. The summed E-state index contributed by atoms with van der Waals surface area (Å²) in [6.45, 7) is 6.17. The molecular weight excluding hydrogens is 204 g/mol. The molecule has 0 radical (unpaired) electrons. The van der Waals surface area contributed by atoms with Gasteiger partial charge in [-0.2, -0.15) is 5.10 Å². The fraction of sp³-hybridized carbons (Fsp3) is 0.636. The van der Waals surface area contributed by atoms with E-state index in [2.05, 4.69) is 10.4 Å². The molecule has 0 aliphatic heterocycles. The highest BCUT2D eigenvalue weighted by molar-refractivity contribution is 5.95. The van der Waals surface area contributed by atoms with Gasteiger partial charge in [0, 0.05) is 25.3 Å². The summed E-state index contributed by atoms with van der Waals surface area (Å²) in [5.41, 5.74) is 6.63. The fourth-order valence-corrected chi connectivity index (χ4v) is 1.41. The predicted octanol–water partition coefficient (Wildman–Crippen LogP) is 0.450. The van der Waals surface area contributed by atoms with Gasteiger partial charge in [-0.15, -0.1) is 0 Å². The van der Waals surface area contributed by atoms with E-state index in [1.807, 2.05) is 27.8 Å². The van der Waals surface area contributed by atoms with E-state index in [1.54, 1.807) is 10.9 Å². The average molecular weight is 224 g/mol. The second kappa shape index (κ2) is 4.65. The van der Waals surface area contributed by atoms with Crippen molar-refractivity contribution in [2.45, 2.75) is 32.7 Å². The number of nitrogens with one attached hydrogen (secondary N) is 1. The van der Waals surface area contributed by atoms with E-state index in [4.69, 9.17) is 5.73 Å². The lowest BCUT2D eigenvalue weighted by molar-refractivity contribution is 0.0914. The topological polar surface area (TPSA) is 72.9 Å². The molecule has 0 saturated heterocycles. The molecule has 90 valence electrons. The molecule has 0 bridgehead atoms. The van der Waals surface area contributed by atoms with Gasteiger partial charge in [0.1, 0.15) is 0 Å². The van der Waals surface area contributed by atoms with Crippen LogP contribution in [0, 0.1) is 0 Å². The first-order chi connectivity index (χ1) is 7.39. The monoisotopic (exact) mass is 224 g/mol. The summed E-state index contributed by atoms with van der Waals surface area (Å²) in [5, 5.41) is 7.12. The first-order valence-corrected chi connectivity index (χ1v) is 5.44. The molecule has 1 amide bonds. The zero-order valence-corrected chi connectivity index (χ0v) is 10.4. The largest absolute Gasteiger partial charge is 0.346 e. The molecule has 0 unspecified atom stereocenters. The van der Waals surface area contributed by atoms with Gasteiger partial charge in [0.2, 0.25) is 0 Å². The molecule has 0 fully saturated rings. The van der Waals surface area contributed by atoms with E-state index < -0.39 is 5.54 Å². The highest BCUT2D eigenvalue weighted by Crippen LogP contribution is 2.09. The molecule has 3 N–H and O–H groups in total. The average Bonchev–Trinajstić information content (AvgIpc) is 2.59. The minimum Gasteiger partial charge on any atom is -0.346 e. The van der Waals surface area contributed by atoms with Crippen molar-refractivity contribution < 1.29 is 4.79 Å². The highest BCUT2D eigenvalue weighted by Gasteiger charge is 2.22. The Balaban J connectivity index is 2.88. The number of nitrogens with two attached hydrogens (primary N) is 1. The van der Waals surface area contributed by atoms with Gasteiger partial charge in [0.15, 0.2) is 0 Å². The number of aryl methyl sites for hydroxylation is 2. The summed E-state index contributed by atoms with van der Waals surface area (Å²) in [6, 6.07) is 0. The Morgan fingerprint density at radius 1 is 1.62 bits per heavy atom. The van der Waals surface area contributed by atoms with Crippen LogP contribution in [-0.2, 0) is 13.5 Å². The van der Waals surface area contributed by atoms with Crippen LogP contribution in [0.3, 0.4) is 0 Å². The number of carbonyl (C=O) groups is 1. The zero-order valence-electron chi connectivity index (χ0n) is 10.4. The Hall–Kier alpha value is -1.36. The van der Waals surface area contributed by atoms with Crippen molar-refractivity contribution in [3.8, 4) is 0 Å². The number of amides is 1. The van der Waals surface area contributed by atoms with Gasteiger partial charge in [-0.05, 0) is 20.3 Å². The van der Waals surface area contributed by atoms with E-state index in [0.29, 0.717) is 12.1 Å². The van der Waals surface area contributed by atoms with Gasteiger partial charge in [0.25, 0.3) is 5.91 Å². The SMILES string of the molecule is CCc1nn(C)cc1C(=O)NC(C)(C)CN. The summed E-state index contributed by atoms with van der Waals surface area (Å²) in [6.07, 6.45) is 2.48. The van der Waals surface area contributed by atoms with Gasteiger partial charge in [0.05, 0.1) is 11.3 Å². The second-order valence-corrected chi connectivity index (χ2v) is 4.56. The summed E-state index contributed by atoms with van der Waals surface area (Å²) in [7, 11) is 1.81. The van der Waals surface area contributed by atoms with Gasteiger partial charge < -0.3 is 11.1 Å². The molecule has 0 atom stereocenters. The van der Waals surface area contributed by atoms with Gasteiger partial charge in [-0.1, -0.05) is 6.92 Å². The summed E-state index contributed by atoms with van der Waals surface area (Å²) in [5.74, 6) is -0.111. The first-order valence-electron chi connectivity index (χ1n) is 5.44. The Morgan fingerprint density at radius 3 is 2.75 bits per heavy atom. The quantitative estimate of drug-likeness (QED) is 0.780. The van der Waals surface area contributed by atoms with Crippen LogP contribution < -0.4 is 11.1 Å². The molecule has 5 heteroatoms. The van der Waals surface area contributed by atoms with Crippen LogP contribution in [0.2, 0.25) is 0 Å². The van der Waals surface area contributed by atoms with Crippen LogP contribution in [0.25, 0.3) is 0 Å². The third-order valence-corrected chi connectivity index (χ3v) is 2.45. The molecule has 0 spiro atoms. The Morgan fingerprint density at radius 2 is 2.25 bits per heavy atom. The maximum atomic E-state index is 12.0. The second-order valence-electron chi connectivity index (χ2n) is 4.56. The molecule has 1 aromatic heterocycles. The van der Waals surface area contributed by atoms with Crippen LogP contribution in [-0.4, -0.2) is 27.8 Å². The number of hydrogen-bond donors (Lipinski definition) is 2. The molecule has 1 aromatic rings. The van der Waals surface area contributed by atoms with E-state index in [0.717, 1.165) is 12.1 Å². The number of hydrogen-bond acceptors (Lipinski definition) is 3. The van der Waals surface area contributed by atoms with Crippen LogP contribution in [0.1, 0.15) is 36.8 Å². The van der Waals surface area contributed by atoms with E-state index in [9.17, 15) is 4.79 Å². The van der Waals surface area contributed by atoms with Crippen molar-refractivity contribution in [3.05, 3.63) is 17.5 Å². The molecule has 5 nitrogen and oxygen atoms in total. The molecule has 1 heterocycles. The number of carbonyl (C=O) groups excluding carboxylic acids is 1. The summed E-state index contributed by atoms with van der Waals surface area (Å²) in [4.78, 5) is 12.0. The van der Waals surface area contributed by atoms with Crippen molar-refractivity contribution in [2.24, 2.45) is 12.8 Å². The van der Waals surface area contributed by atoms with E-state index in [1.165, 1.54) is 0 Å². The van der Waals surface area contributed by atoms with Crippen LogP contribution in [0.15, 0.2) is 6.20 Å². The Bertz CT molecular complexity index is 381. The lowest BCUT2D eigenvalue weighted by atomic mass is 10.1. The molecule has 0 saturated carbocycles. The van der Waals surface area contributed by atoms with Crippen molar-refractivity contribution in [2.75, 3.05) is 6.54 Å². The molecule has 0 aliphatic carbocycles. The Kier molecular flexibility index (Phi) is 3.70. The molecule has 0 aliphatic rings. The zero-order chi connectivity index (χ0) is 12.3. The van der Waals surface area contributed by atoms with Crippen LogP contribution in [0.4, 0.5) is 0 Å². The van der Waals surface area contributed by atoms with E-state index >= 15 is 0 Å². The lowest BCUT2D eigenvalue weighted by Gasteiger charge is -2.23. The van der Waals surface area contributed by atoms with Crippen molar-refractivity contribution >= 4 is 5.91 Å². The third kappa shape index (κ3) is 2.82. The fourth-order valence-electron chi connectivity index (χ4n) is 1.41. The van der Waals surface area contributed by atoms with E-state index in [-0.39, 0.29) is 5.91 Å².